The van der Waals surface area contributed by atoms with Gasteiger partial charge in [-0.05, 0) is 36.8 Å². The topological polar surface area (TPSA) is 66.4 Å². The molecule has 0 aliphatic carbocycles. The number of rotatable bonds is 5. The van der Waals surface area contributed by atoms with Gasteiger partial charge in [-0.1, -0.05) is 42.0 Å². The minimum Gasteiger partial charge on any atom is -0.392 e. The number of aryl methyl sites for hydroxylation is 1. The zero-order chi connectivity index (χ0) is 15.3. The number of aliphatic hydroxyl groups is 1. The molecule has 2 N–H and O–H groups in total. The van der Waals surface area contributed by atoms with Gasteiger partial charge in [0, 0.05) is 5.69 Å². The van der Waals surface area contributed by atoms with E-state index < -0.39 is 10.0 Å². The molecule has 0 heterocycles. The van der Waals surface area contributed by atoms with Gasteiger partial charge in [-0.3, -0.25) is 4.72 Å². The molecule has 0 amide bonds. The van der Waals surface area contributed by atoms with Crippen molar-refractivity contribution in [2.24, 2.45) is 0 Å². The first-order valence-corrected chi connectivity index (χ1v) is 7.96. The van der Waals surface area contributed by atoms with Gasteiger partial charge in [0.1, 0.15) is 0 Å². The lowest BCUT2D eigenvalue weighted by Gasteiger charge is -2.09. The maximum absolute atomic E-state index is 12.3. The Hall–Kier alpha value is -2.11. The fourth-order valence-electron chi connectivity index (χ4n) is 1.83. The third-order valence-electron chi connectivity index (χ3n) is 2.89. The van der Waals surface area contributed by atoms with Crippen molar-refractivity contribution < 1.29 is 13.5 Å². The second kappa shape index (κ2) is 6.56. The highest BCUT2D eigenvalue weighted by atomic mass is 32.2. The van der Waals surface area contributed by atoms with Crippen molar-refractivity contribution in [2.45, 2.75) is 11.8 Å². The van der Waals surface area contributed by atoms with E-state index >= 15 is 0 Å². The summed E-state index contributed by atoms with van der Waals surface area (Å²) in [5.74, 6) is 0. The van der Waals surface area contributed by atoms with Gasteiger partial charge in [-0.2, -0.15) is 0 Å². The number of hydrogen-bond donors (Lipinski definition) is 2. The van der Waals surface area contributed by atoms with Crippen molar-refractivity contribution >= 4 is 21.8 Å². The van der Waals surface area contributed by atoms with Crippen molar-refractivity contribution in [1.29, 1.82) is 0 Å². The molecule has 0 saturated heterocycles. The van der Waals surface area contributed by atoms with Crippen LogP contribution in [0, 0.1) is 6.92 Å². The van der Waals surface area contributed by atoms with Gasteiger partial charge in [0.05, 0.1) is 11.5 Å². The summed E-state index contributed by atoms with van der Waals surface area (Å²) in [6, 6.07) is 13.6. The molecule has 0 bridgehead atoms. The lowest BCUT2D eigenvalue weighted by molar-refractivity contribution is 0.343. The fraction of sp³-hybridized carbons (Fsp3) is 0.125. The molecular formula is C16H17NO3S. The second-order valence-corrected chi connectivity index (χ2v) is 6.31. The van der Waals surface area contributed by atoms with E-state index in [0.29, 0.717) is 5.69 Å². The first-order chi connectivity index (χ1) is 10.0. The summed E-state index contributed by atoms with van der Waals surface area (Å²) in [6.45, 7) is 1.85. The molecule has 2 aromatic carbocycles. The van der Waals surface area contributed by atoms with Crippen LogP contribution < -0.4 is 4.72 Å². The van der Waals surface area contributed by atoms with Gasteiger partial charge >= 0.3 is 0 Å². The highest BCUT2D eigenvalue weighted by Gasteiger charge is 2.13. The summed E-state index contributed by atoms with van der Waals surface area (Å²) in [5.41, 5.74) is 2.30. The standard InChI is InChI=1S/C16H17NO3S/c1-13-7-9-16(10-8-13)21(19,20)17-15-6-2-4-14(12-15)5-3-11-18/h2-10,12,17-18H,11H2,1H3/b5-3+. The van der Waals surface area contributed by atoms with Crippen LogP contribution in [0.2, 0.25) is 0 Å². The van der Waals surface area contributed by atoms with Gasteiger partial charge in [0.2, 0.25) is 0 Å². The minimum absolute atomic E-state index is 0.0562. The monoisotopic (exact) mass is 303 g/mol. The van der Waals surface area contributed by atoms with E-state index in [9.17, 15) is 8.42 Å². The molecule has 0 aliphatic heterocycles. The molecule has 0 radical (unpaired) electrons. The van der Waals surface area contributed by atoms with Crippen molar-refractivity contribution in [3.8, 4) is 0 Å². The van der Waals surface area contributed by atoms with E-state index in [2.05, 4.69) is 4.72 Å². The second-order valence-electron chi connectivity index (χ2n) is 4.63. The molecule has 0 saturated carbocycles. The van der Waals surface area contributed by atoms with Crippen molar-refractivity contribution in [1.82, 2.24) is 0 Å². The highest BCUT2D eigenvalue weighted by molar-refractivity contribution is 7.92. The Morgan fingerprint density at radius 1 is 1.14 bits per heavy atom. The molecule has 21 heavy (non-hydrogen) atoms. The number of hydrogen-bond acceptors (Lipinski definition) is 3. The van der Waals surface area contributed by atoms with Crippen molar-refractivity contribution in [3.05, 3.63) is 65.7 Å². The van der Waals surface area contributed by atoms with E-state index in [1.165, 1.54) is 0 Å². The van der Waals surface area contributed by atoms with Crippen molar-refractivity contribution in [2.75, 3.05) is 11.3 Å². The van der Waals surface area contributed by atoms with Crippen LogP contribution in [0.4, 0.5) is 5.69 Å². The summed E-state index contributed by atoms with van der Waals surface area (Å²) in [7, 11) is -3.59. The number of anilines is 1. The van der Waals surface area contributed by atoms with Gasteiger partial charge < -0.3 is 5.11 Å². The van der Waals surface area contributed by atoms with E-state index in [0.717, 1.165) is 11.1 Å². The summed E-state index contributed by atoms with van der Waals surface area (Å²) in [4.78, 5) is 0.226. The average molecular weight is 303 g/mol. The van der Waals surface area contributed by atoms with E-state index in [-0.39, 0.29) is 11.5 Å². The van der Waals surface area contributed by atoms with Crippen LogP contribution in [0.1, 0.15) is 11.1 Å². The fourth-order valence-corrected chi connectivity index (χ4v) is 2.88. The molecule has 0 fully saturated rings. The smallest absolute Gasteiger partial charge is 0.261 e. The quantitative estimate of drug-likeness (QED) is 0.892. The normalized spacial score (nSPS) is 11.7. The number of nitrogens with one attached hydrogen (secondary N) is 1. The van der Waals surface area contributed by atoms with E-state index in [1.54, 1.807) is 54.6 Å². The Balaban J connectivity index is 2.24. The predicted octanol–water partition coefficient (Wildman–Crippen LogP) is 2.80. The largest absolute Gasteiger partial charge is 0.392 e. The SMILES string of the molecule is Cc1ccc(S(=O)(=O)Nc2cccc(/C=C/CO)c2)cc1. The molecule has 5 heteroatoms. The van der Waals surface area contributed by atoms with Crippen LogP contribution in [0.5, 0.6) is 0 Å². The van der Waals surface area contributed by atoms with Gasteiger partial charge in [-0.15, -0.1) is 0 Å². The first-order valence-electron chi connectivity index (χ1n) is 6.48. The molecule has 2 rings (SSSR count). The minimum atomic E-state index is -3.59. The predicted molar refractivity (Wildman–Crippen MR) is 84.5 cm³/mol. The maximum Gasteiger partial charge on any atom is 0.261 e. The molecule has 0 aromatic heterocycles. The van der Waals surface area contributed by atoms with Gasteiger partial charge in [-0.25, -0.2) is 8.42 Å². The zero-order valence-corrected chi connectivity index (χ0v) is 12.5. The molecule has 0 atom stereocenters. The third kappa shape index (κ3) is 4.18. The van der Waals surface area contributed by atoms with Crippen molar-refractivity contribution in [3.63, 3.8) is 0 Å². The Bertz CT molecular complexity index is 734. The first kappa shape index (κ1) is 15.3. The van der Waals surface area contributed by atoms with Crippen LogP contribution in [0.25, 0.3) is 6.08 Å². The maximum atomic E-state index is 12.3. The molecular weight excluding hydrogens is 286 g/mol. The summed E-state index contributed by atoms with van der Waals surface area (Å²) >= 11 is 0. The van der Waals surface area contributed by atoms with Crippen LogP contribution in [-0.2, 0) is 10.0 Å². The molecule has 0 aliphatic rings. The summed E-state index contributed by atoms with van der Waals surface area (Å²) < 4.78 is 27.1. The molecule has 0 unspecified atom stereocenters. The number of aliphatic hydroxyl groups excluding tert-OH is 1. The molecule has 0 spiro atoms. The van der Waals surface area contributed by atoms with Crippen LogP contribution in [0.3, 0.4) is 0 Å². The Morgan fingerprint density at radius 2 is 1.86 bits per heavy atom. The van der Waals surface area contributed by atoms with E-state index in [4.69, 9.17) is 5.11 Å². The van der Waals surface area contributed by atoms with Crippen LogP contribution in [0.15, 0.2) is 59.5 Å². The lowest BCUT2D eigenvalue weighted by Crippen LogP contribution is -2.12. The Kier molecular flexibility index (Phi) is 4.77. The number of benzene rings is 2. The number of sulfonamides is 1. The van der Waals surface area contributed by atoms with E-state index in [1.807, 2.05) is 13.0 Å². The average Bonchev–Trinajstić information content (AvgIpc) is 2.45. The molecule has 4 nitrogen and oxygen atoms in total. The lowest BCUT2D eigenvalue weighted by atomic mass is 10.2. The Labute approximate surface area is 124 Å². The van der Waals surface area contributed by atoms with Crippen LogP contribution >= 0.6 is 0 Å². The summed E-state index contributed by atoms with van der Waals surface area (Å²) in [6.07, 6.45) is 3.32. The summed E-state index contributed by atoms with van der Waals surface area (Å²) in [5, 5.41) is 8.76. The third-order valence-corrected chi connectivity index (χ3v) is 4.28. The van der Waals surface area contributed by atoms with Gasteiger partial charge in [0.25, 0.3) is 10.0 Å². The molecule has 2 aromatic rings. The highest BCUT2D eigenvalue weighted by Crippen LogP contribution is 2.18. The Morgan fingerprint density at radius 3 is 2.52 bits per heavy atom. The molecule has 110 valence electrons. The van der Waals surface area contributed by atoms with Crippen LogP contribution in [-0.4, -0.2) is 20.1 Å². The van der Waals surface area contributed by atoms with Gasteiger partial charge in [0.15, 0.2) is 0 Å². The zero-order valence-electron chi connectivity index (χ0n) is 11.7.